The molecule has 0 amide bonds. The molecule has 2 rings (SSSR count). The van der Waals surface area contributed by atoms with Gasteiger partial charge in [0.2, 0.25) is 5.82 Å². The summed E-state index contributed by atoms with van der Waals surface area (Å²) >= 11 is 9.07. The Labute approximate surface area is 122 Å². The van der Waals surface area contributed by atoms with Gasteiger partial charge in [-0.2, -0.15) is 0 Å². The molecule has 0 saturated heterocycles. The molecule has 0 atom stereocenters. The Hall–Kier alpha value is -1.66. The minimum atomic E-state index is -0.486. The normalized spacial score (nSPS) is 10.3. The Morgan fingerprint density at radius 3 is 2.84 bits per heavy atom. The third kappa shape index (κ3) is 3.21. The van der Waals surface area contributed by atoms with Gasteiger partial charge in [-0.25, -0.2) is 4.98 Å². The third-order valence-corrected chi connectivity index (χ3v) is 3.15. The van der Waals surface area contributed by atoms with Crippen LogP contribution in [0.5, 0.6) is 0 Å². The summed E-state index contributed by atoms with van der Waals surface area (Å²) in [7, 11) is 0. The van der Waals surface area contributed by atoms with Crippen LogP contribution >= 0.6 is 27.5 Å². The van der Waals surface area contributed by atoms with Crippen LogP contribution in [-0.2, 0) is 0 Å². The van der Waals surface area contributed by atoms with Gasteiger partial charge in [0.1, 0.15) is 0 Å². The van der Waals surface area contributed by atoms with Crippen LogP contribution in [0.1, 0.15) is 5.56 Å². The Morgan fingerprint density at radius 1 is 1.42 bits per heavy atom. The van der Waals surface area contributed by atoms with Gasteiger partial charge in [-0.3, -0.25) is 10.1 Å². The second-order valence-corrected chi connectivity index (χ2v) is 5.21. The van der Waals surface area contributed by atoms with E-state index in [1.807, 2.05) is 13.0 Å². The lowest BCUT2D eigenvalue weighted by Crippen LogP contribution is -2.00. The second-order valence-electron chi connectivity index (χ2n) is 3.86. The minimum Gasteiger partial charge on any atom is -0.334 e. The van der Waals surface area contributed by atoms with Crippen molar-refractivity contribution >= 4 is 44.7 Å². The van der Waals surface area contributed by atoms with E-state index in [1.165, 1.54) is 12.3 Å². The van der Waals surface area contributed by atoms with E-state index >= 15 is 0 Å². The molecule has 0 unspecified atom stereocenters. The van der Waals surface area contributed by atoms with Crippen LogP contribution in [0.4, 0.5) is 17.2 Å². The number of nitro groups is 1. The highest BCUT2D eigenvalue weighted by molar-refractivity contribution is 9.10. The van der Waals surface area contributed by atoms with E-state index in [1.54, 1.807) is 12.1 Å². The van der Waals surface area contributed by atoms with Crippen molar-refractivity contribution in [3.05, 3.63) is 55.6 Å². The van der Waals surface area contributed by atoms with Crippen LogP contribution in [-0.4, -0.2) is 9.91 Å². The third-order valence-electron chi connectivity index (χ3n) is 2.48. The molecular formula is C12H9BrClN3O2. The first kappa shape index (κ1) is 13.8. The Bertz CT molecular complexity index is 649. The number of aromatic nitrogens is 1. The topological polar surface area (TPSA) is 68.1 Å². The molecule has 1 N–H and O–H groups in total. The smallest absolute Gasteiger partial charge is 0.312 e. The number of hydrogen-bond donors (Lipinski definition) is 1. The molecule has 0 aliphatic carbocycles. The van der Waals surface area contributed by atoms with Crippen LogP contribution in [0, 0.1) is 17.0 Å². The van der Waals surface area contributed by atoms with Gasteiger partial charge >= 0.3 is 5.69 Å². The number of hydrogen-bond acceptors (Lipinski definition) is 4. The standard InChI is InChI=1S/C12H9BrClN3O2/c1-7-2-3-9(14)5-10(7)16-12-11(17(18)19)4-8(13)6-15-12/h2-6H,1H3,(H,15,16). The molecule has 0 saturated carbocycles. The van der Waals surface area contributed by atoms with Gasteiger partial charge in [-0.05, 0) is 40.5 Å². The zero-order valence-corrected chi connectivity index (χ0v) is 12.2. The molecule has 0 aliphatic rings. The predicted octanol–water partition coefficient (Wildman–Crippen LogP) is 4.46. The van der Waals surface area contributed by atoms with Crippen molar-refractivity contribution in [3.63, 3.8) is 0 Å². The van der Waals surface area contributed by atoms with Gasteiger partial charge in [0.05, 0.1) is 4.92 Å². The number of anilines is 2. The quantitative estimate of drug-likeness (QED) is 0.660. The first-order valence-corrected chi connectivity index (χ1v) is 6.47. The summed E-state index contributed by atoms with van der Waals surface area (Å²) in [6.45, 7) is 1.88. The van der Waals surface area contributed by atoms with Gasteiger partial charge in [0.15, 0.2) is 0 Å². The van der Waals surface area contributed by atoms with Gasteiger partial charge in [0.25, 0.3) is 0 Å². The van der Waals surface area contributed by atoms with Crippen LogP contribution in [0.25, 0.3) is 0 Å². The summed E-state index contributed by atoms with van der Waals surface area (Å²) in [6, 6.07) is 6.68. The summed E-state index contributed by atoms with van der Waals surface area (Å²) in [6.07, 6.45) is 1.50. The van der Waals surface area contributed by atoms with Gasteiger partial charge in [0, 0.05) is 27.4 Å². The maximum atomic E-state index is 11.0. The summed E-state index contributed by atoms with van der Waals surface area (Å²) in [5.74, 6) is 0.179. The molecule has 1 aromatic carbocycles. The highest BCUT2D eigenvalue weighted by Crippen LogP contribution is 2.30. The molecule has 98 valence electrons. The molecule has 0 bridgehead atoms. The number of aryl methyl sites for hydroxylation is 1. The molecule has 0 aliphatic heterocycles. The highest BCUT2D eigenvalue weighted by Gasteiger charge is 2.16. The second kappa shape index (κ2) is 5.54. The average molecular weight is 343 g/mol. The largest absolute Gasteiger partial charge is 0.334 e. The van der Waals surface area contributed by atoms with Crippen molar-refractivity contribution in [2.24, 2.45) is 0 Å². The first-order chi connectivity index (χ1) is 8.97. The predicted molar refractivity (Wildman–Crippen MR) is 78.1 cm³/mol. The highest BCUT2D eigenvalue weighted by atomic mass is 79.9. The van der Waals surface area contributed by atoms with E-state index in [0.29, 0.717) is 15.2 Å². The molecule has 7 heteroatoms. The maximum absolute atomic E-state index is 11.0. The number of nitrogens with one attached hydrogen (secondary N) is 1. The van der Waals surface area contributed by atoms with Crippen molar-refractivity contribution < 1.29 is 4.92 Å². The van der Waals surface area contributed by atoms with E-state index in [-0.39, 0.29) is 11.5 Å². The molecule has 1 heterocycles. The van der Waals surface area contributed by atoms with E-state index in [4.69, 9.17) is 11.6 Å². The van der Waals surface area contributed by atoms with Crippen LogP contribution in [0.15, 0.2) is 34.9 Å². The molecule has 19 heavy (non-hydrogen) atoms. The van der Waals surface area contributed by atoms with Gasteiger partial charge < -0.3 is 5.32 Å². The van der Waals surface area contributed by atoms with Crippen molar-refractivity contribution in [2.45, 2.75) is 6.92 Å². The molecule has 1 aromatic heterocycles. The van der Waals surface area contributed by atoms with Crippen LogP contribution < -0.4 is 5.32 Å². The Kier molecular flexibility index (Phi) is 4.01. The summed E-state index contributed by atoms with van der Waals surface area (Å²) in [5, 5.41) is 14.5. The molecular weight excluding hydrogens is 334 g/mol. The lowest BCUT2D eigenvalue weighted by molar-refractivity contribution is -0.384. The van der Waals surface area contributed by atoms with E-state index in [0.717, 1.165) is 5.56 Å². The van der Waals surface area contributed by atoms with Crippen molar-refractivity contribution in [1.82, 2.24) is 4.98 Å². The summed E-state index contributed by atoms with van der Waals surface area (Å²) < 4.78 is 0.549. The number of benzene rings is 1. The molecule has 5 nitrogen and oxygen atoms in total. The molecule has 0 spiro atoms. The van der Waals surface area contributed by atoms with E-state index in [2.05, 4.69) is 26.2 Å². The SMILES string of the molecule is Cc1ccc(Cl)cc1Nc1ncc(Br)cc1[N+](=O)[O-]. The molecule has 0 radical (unpaired) electrons. The number of halogens is 2. The Balaban J connectivity index is 2.43. The van der Waals surface area contributed by atoms with Gasteiger partial charge in [-0.15, -0.1) is 0 Å². The lowest BCUT2D eigenvalue weighted by atomic mass is 10.2. The fraction of sp³-hybridized carbons (Fsp3) is 0.0833. The maximum Gasteiger partial charge on any atom is 0.312 e. The first-order valence-electron chi connectivity index (χ1n) is 5.30. The average Bonchev–Trinajstić information content (AvgIpc) is 2.35. The van der Waals surface area contributed by atoms with Crippen LogP contribution in [0.3, 0.4) is 0 Å². The fourth-order valence-electron chi connectivity index (χ4n) is 1.52. The molecule has 0 fully saturated rings. The number of rotatable bonds is 3. The fourth-order valence-corrected chi connectivity index (χ4v) is 2.01. The summed E-state index contributed by atoms with van der Waals surface area (Å²) in [5.41, 5.74) is 1.50. The minimum absolute atomic E-state index is 0.103. The van der Waals surface area contributed by atoms with Crippen molar-refractivity contribution in [1.29, 1.82) is 0 Å². The number of nitrogens with zero attached hydrogens (tertiary/aromatic N) is 2. The lowest BCUT2D eigenvalue weighted by Gasteiger charge is -2.09. The van der Waals surface area contributed by atoms with Crippen molar-refractivity contribution in [2.75, 3.05) is 5.32 Å². The Morgan fingerprint density at radius 2 is 2.16 bits per heavy atom. The number of pyridine rings is 1. The van der Waals surface area contributed by atoms with E-state index in [9.17, 15) is 10.1 Å². The van der Waals surface area contributed by atoms with Gasteiger partial charge in [-0.1, -0.05) is 17.7 Å². The van der Waals surface area contributed by atoms with Crippen molar-refractivity contribution in [3.8, 4) is 0 Å². The molecule has 2 aromatic rings. The zero-order chi connectivity index (χ0) is 14.0. The monoisotopic (exact) mass is 341 g/mol. The van der Waals surface area contributed by atoms with E-state index < -0.39 is 4.92 Å². The summed E-state index contributed by atoms with van der Waals surface area (Å²) in [4.78, 5) is 14.5. The van der Waals surface area contributed by atoms with Crippen LogP contribution in [0.2, 0.25) is 5.02 Å². The zero-order valence-electron chi connectivity index (χ0n) is 9.85.